The van der Waals surface area contributed by atoms with E-state index in [0.717, 1.165) is 83.8 Å². The Balaban J connectivity index is 4.60. The van der Waals surface area contributed by atoms with Crippen LogP contribution in [-0.2, 0) is 19.1 Å². The van der Waals surface area contributed by atoms with Crippen LogP contribution in [0.25, 0.3) is 0 Å². The van der Waals surface area contributed by atoms with Crippen molar-refractivity contribution in [3.8, 4) is 0 Å². The lowest BCUT2D eigenvalue weighted by atomic mass is 9.88. The number of allylic oxidation sites excluding steroid dienone is 4. The van der Waals surface area contributed by atoms with E-state index in [-0.39, 0.29) is 29.5 Å². The SMILES string of the molecule is C/C=C/CCC(CCCC/C=C/CC)C(CCCCC)OC(=O)CSSCC(=O)OCCCN(CC)CC. The van der Waals surface area contributed by atoms with Crippen molar-refractivity contribution in [1.29, 1.82) is 0 Å². The summed E-state index contributed by atoms with van der Waals surface area (Å²) in [4.78, 5) is 27.1. The van der Waals surface area contributed by atoms with Crippen molar-refractivity contribution in [3.05, 3.63) is 24.3 Å². The second-order valence-electron chi connectivity index (χ2n) is 9.72. The maximum absolute atomic E-state index is 12.7. The molecule has 0 N–H and O–H groups in total. The number of hydrogen-bond donors (Lipinski definition) is 0. The second-order valence-corrected chi connectivity index (χ2v) is 12.2. The van der Waals surface area contributed by atoms with E-state index >= 15 is 0 Å². The first kappa shape index (κ1) is 37.1. The molecule has 222 valence electrons. The van der Waals surface area contributed by atoms with Gasteiger partial charge < -0.3 is 14.4 Å². The van der Waals surface area contributed by atoms with Crippen LogP contribution in [0.15, 0.2) is 24.3 Å². The first-order chi connectivity index (χ1) is 18.5. The summed E-state index contributed by atoms with van der Waals surface area (Å²) in [5, 5.41) is 0. The summed E-state index contributed by atoms with van der Waals surface area (Å²) in [6.07, 6.45) is 21.8. The first-order valence-corrected chi connectivity index (χ1v) is 17.6. The van der Waals surface area contributed by atoms with E-state index in [0.29, 0.717) is 12.5 Å². The molecule has 0 aromatic heterocycles. The first-order valence-electron chi connectivity index (χ1n) is 15.1. The maximum atomic E-state index is 12.7. The Morgan fingerprint density at radius 3 is 2.16 bits per heavy atom. The Labute approximate surface area is 242 Å². The zero-order valence-electron chi connectivity index (χ0n) is 25.1. The van der Waals surface area contributed by atoms with Gasteiger partial charge in [0.15, 0.2) is 0 Å². The lowest BCUT2D eigenvalue weighted by Crippen LogP contribution is -2.28. The van der Waals surface area contributed by atoms with Gasteiger partial charge in [0, 0.05) is 6.54 Å². The van der Waals surface area contributed by atoms with E-state index in [1.807, 2.05) is 0 Å². The molecule has 0 heterocycles. The van der Waals surface area contributed by atoms with Crippen LogP contribution in [0.5, 0.6) is 0 Å². The molecule has 7 heteroatoms. The molecule has 2 unspecified atom stereocenters. The molecule has 5 nitrogen and oxygen atoms in total. The molecule has 0 saturated heterocycles. The highest BCUT2D eigenvalue weighted by Gasteiger charge is 2.24. The third-order valence-electron chi connectivity index (χ3n) is 6.65. The Morgan fingerprint density at radius 2 is 1.50 bits per heavy atom. The Hall–Kier alpha value is -0.920. The lowest BCUT2D eigenvalue weighted by Gasteiger charge is -2.27. The van der Waals surface area contributed by atoms with Gasteiger partial charge in [-0.1, -0.05) is 92.8 Å². The van der Waals surface area contributed by atoms with Crippen molar-refractivity contribution in [2.45, 2.75) is 118 Å². The lowest BCUT2D eigenvalue weighted by molar-refractivity contribution is -0.149. The standard InChI is InChI=1S/C31H57NO4S2/c1-6-11-14-15-16-19-22-28(21-17-12-7-2)29(23-18-13-8-3)36-31(34)27-38-37-26-30(33)35-25-20-24-32(9-4)10-5/h7,11-12,14,28-29H,6,8-10,13,15-27H2,1-5H3/b12-7+,14-11+. The molecule has 0 saturated carbocycles. The quantitative estimate of drug-likeness (QED) is 0.0446. The molecule has 0 radical (unpaired) electrons. The average Bonchev–Trinajstić information content (AvgIpc) is 2.91. The fourth-order valence-corrected chi connectivity index (χ4v) is 5.96. The summed E-state index contributed by atoms with van der Waals surface area (Å²) in [5.74, 6) is 0.519. The Morgan fingerprint density at radius 1 is 0.789 bits per heavy atom. The minimum atomic E-state index is -0.217. The van der Waals surface area contributed by atoms with E-state index in [1.54, 1.807) is 0 Å². The summed E-state index contributed by atoms with van der Waals surface area (Å²) in [7, 11) is 2.76. The van der Waals surface area contributed by atoms with Crippen LogP contribution in [0.1, 0.15) is 112 Å². The van der Waals surface area contributed by atoms with Crippen LogP contribution in [0, 0.1) is 5.92 Å². The van der Waals surface area contributed by atoms with Crippen LogP contribution in [-0.4, -0.2) is 60.7 Å². The topological polar surface area (TPSA) is 55.8 Å². The number of hydrogen-bond acceptors (Lipinski definition) is 7. The number of ether oxygens (including phenoxy) is 2. The van der Waals surface area contributed by atoms with Gasteiger partial charge in [-0.05, 0) is 83.7 Å². The number of unbranched alkanes of at least 4 members (excludes halogenated alkanes) is 4. The highest BCUT2D eigenvalue weighted by Crippen LogP contribution is 2.28. The highest BCUT2D eigenvalue weighted by atomic mass is 33.1. The number of carbonyl (C=O) groups is 2. The van der Waals surface area contributed by atoms with Crippen molar-refractivity contribution >= 4 is 33.5 Å². The summed E-state index contributed by atoms with van der Waals surface area (Å²) >= 11 is 0. The summed E-state index contributed by atoms with van der Waals surface area (Å²) in [5.41, 5.74) is 0. The maximum Gasteiger partial charge on any atom is 0.317 e. The summed E-state index contributed by atoms with van der Waals surface area (Å²) < 4.78 is 11.4. The summed E-state index contributed by atoms with van der Waals surface area (Å²) in [6.45, 7) is 14.1. The third-order valence-corrected chi connectivity index (χ3v) is 8.73. The van der Waals surface area contributed by atoms with Gasteiger partial charge >= 0.3 is 11.9 Å². The molecule has 38 heavy (non-hydrogen) atoms. The van der Waals surface area contributed by atoms with E-state index < -0.39 is 0 Å². The van der Waals surface area contributed by atoms with E-state index in [1.165, 1.54) is 34.4 Å². The molecule has 0 fully saturated rings. The van der Waals surface area contributed by atoms with Crippen molar-refractivity contribution < 1.29 is 19.1 Å². The van der Waals surface area contributed by atoms with Gasteiger partial charge in [0.2, 0.25) is 0 Å². The molecule has 0 aromatic carbocycles. The third kappa shape index (κ3) is 22.0. The fourth-order valence-electron chi connectivity index (χ4n) is 4.37. The molecule has 2 atom stereocenters. The van der Waals surface area contributed by atoms with Gasteiger partial charge in [-0.25, -0.2) is 0 Å². The molecule has 0 amide bonds. The van der Waals surface area contributed by atoms with Gasteiger partial charge in [-0.15, -0.1) is 0 Å². The average molecular weight is 572 g/mol. The predicted molar refractivity (Wildman–Crippen MR) is 168 cm³/mol. The van der Waals surface area contributed by atoms with Crippen LogP contribution >= 0.6 is 21.6 Å². The number of esters is 2. The number of rotatable bonds is 26. The minimum absolute atomic E-state index is 0.0214. The van der Waals surface area contributed by atoms with Crippen molar-refractivity contribution in [2.75, 3.05) is 37.7 Å². The zero-order valence-corrected chi connectivity index (χ0v) is 26.7. The van der Waals surface area contributed by atoms with E-state index in [4.69, 9.17) is 9.47 Å². The second kappa shape index (κ2) is 27.6. The number of carbonyl (C=O) groups excluding carboxylic acids is 2. The highest BCUT2D eigenvalue weighted by molar-refractivity contribution is 8.77. The van der Waals surface area contributed by atoms with Crippen LogP contribution in [0.2, 0.25) is 0 Å². The van der Waals surface area contributed by atoms with Gasteiger partial charge in [0.05, 0.1) is 6.61 Å². The smallest absolute Gasteiger partial charge is 0.317 e. The normalized spacial score (nSPS) is 13.4. The predicted octanol–water partition coefficient (Wildman–Crippen LogP) is 8.63. The van der Waals surface area contributed by atoms with Gasteiger partial charge in [0.1, 0.15) is 17.6 Å². The molecular formula is C31H57NO4S2. The van der Waals surface area contributed by atoms with Crippen molar-refractivity contribution in [1.82, 2.24) is 4.90 Å². The fraction of sp³-hybridized carbons (Fsp3) is 0.806. The van der Waals surface area contributed by atoms with E-state index in [2.05, 4.69) is 63.8 Å². The molecule has 0 rings (SSSR count). The largest absolute Gasteiger partial charge is 0.465 e. The van der Waals surface area contributed by atoms with Gasteiger partial charge in [-0.2, -0.15) is 0 Å². The molecule has 0 spiro atoms. The van der Waals surface area contributed by atoms with Crippen LogP contribution < -0.4 is 0 Å². The Bertz CT molecular complexity index is 623. The number of nitrogens with zero attached hydrogens (tertiary/aromatic N) is 1. The van der Waals surface area contributed by atoms with Crippen LogP contribution in [0.4, 0.5) is 0 Å². The molecule has 0 bridgehead atoms. The monoisotopic (exact) mass is 571 g/mol. The molecular weight excluding hydrogens is 514 g/mol. The summed E-state index contributed by atoms with van der Waals surface area (Å²) in [6, 6.07) is 0. The molecule has 0 aliphatic heterocycles. The molecule has 0 aliphatic carbocycles. The minimum Gasteiger partial charge on any atom is -0.465 e. The Kier molecular flexibility index (Phi) is 27.0. The zero-order chi connectivity index (χ0) is 28.3. The van der Waals surface area contributed by atoms with Gasteiger partial charge in [0.25, 0.3) is 0 Å². The van der Waals surface area contributed by atoms with Gasteiger partial charge in [-0.3, -0.25) is 9.59 Å². The van der Waals surface area contributed by atoms with Crippen molar-refractivity contribution in [3.63, 3.8) is 0 Å². The van der Waals surface area contributed by atoms with Crippen LogP contribution in [0.3, 0.4) is 0 Å². The van der Waals surface area contributed by atoms with Crippen molar-refractivity contribution in [2.24, 2.45) is 5.92 Å². The molecule has 0 aromatic rings. The van der Waals surface area contributed by atoms with E-state index in [9.17, 15) is 9.59 Å². The molecule has 0 aliphatic rings.